The van der Waals surface area contributed by atoms with Gasteiger partial charge in [0.05, 0.1) is 22.3 Å². The number of nitrogens with one attached hydrogen (secondary N) is 1. The second kappa shape index (κ2) is 7.93. The summed E-state index contributed by atoms with van der Waals surface area (Å²) in [4.78, 5) is 12.7. The number of benzene rings is 2. The summed E-state index contributed by atoms with van der Waals surface area (Å²) in [5.74, 6) is -0.0480. The molecule has 1 fully saturated rings. The van der Waals surface area contributed by atoms with Gasteiger partial charge in [0, 0.05) is 11.3 Å². The van der Waals surface area contributed by atoms with E-state index < -0.39 is 15.7 Å². The molecule has 5 nitrogen and oxygen atoms in total. The van der Waals surface area contributed by atoms with Crippen molar-refractivity contribution in [1.82, 2.24) is 0 Å². The zero-order valence-electron chi connectivity index (χ0n) is 15.2. The number of amides is 1. The Balaban J connectivity index is 1.79. The Morgan fingerprint density at radius 2 is 1.93 bits per heavy atom. The van der Waals surface area contributed by atoms with Crippen LogP contribution in [0.25, 0.3) is 0 Å². The highest BCUT2D eigenvalue weighted by Gasteiger charge is 2.24. The minimum Gasteiger partial charge on any atom is -0.322 e. The van der Waals surface area contributed by atoms with Gasteiger partial charge in [-0.3, -0.25) is 4.79 Å². The summed E-state index contributed by atoms with van der Waals surface area (Å²) in [6.45, 7) is 1.84. The summed E-state index contributed by atoms with van der Waals surface area (Å²) in [6, 6.07) is 13.3. The Morgan fingerprint density at radius 1 is 1.19 bits per heavy atom. The number of nitriles is 1. The normalized spacial score (nSPS) is 14.7. The Labute approximate surface area is 159 Å². The van der Waals surface area contributed by atoms with Crippen molar-refractivity contribution in [3.8, 4) is 6.07 Å². The minimum absolute atomic E-state index is 0.140. The van der Waals surface area contributed by atoms with Gasteiger partial charge in [-0.2, -0.15) is 5.26 Å². The molecule has 1 N–H and O–H groups in total. The minimum atomic E-state index is -3.41. The Bertz CT molecular complexity index is 1000. The predicted molar refractivity (Wildman–Crippen MR) is 104 cm³/mol. The van der Waals surface area contributed by atoms with Gasteiger partial charge in [-0.15, -0.1) is 0 Å². The van der Waals surface area contributed by atoms with Gasteiger partial charge in [0.1, 0.15) is 0 Å². The lowest BCUT2D eigenvalue weighted by Gasteiger charge is -2.11. The molecule has 27 heavy (non-hydrogen) atoms. The van der Waals surface area contributed by atoms with Crippen molar-refractivity contribution in [1.29, 1.82) is 5.26 Å². The molecule has 0 aromatic heterocycles. The molecule has 2 aromatic carbocycles. The van der Waals surface area contributed by atoms with Crippen LogP contribution in [-0.2, 0) is 9.84 Å². The van der Waals surface area contributed by atoms with Crippen molar-refractivity contribution in [2.24, 2.45) is 5.92 Å². The van der Waals surface area contributed by atoms with E-state index in [0.29, 0.717) is 11.3 Å². The summed E-state index contributed by atoms with van der Waals surface area (Å²) in [5, 5.41) is 11.8. The first-order valence-corrected chi connectivity index (χ1v) is 10.7. The maximum Gasteiger partial charge on any atom is 0.255 e. The van der Waals surface area contributed by atoms with E-state index in [0.717, 1.165) is 31.2 Å². The first-order valence-electron chi connectivity index (χ1n) is 9.03. The number of nitrogens with zero attached hydrogens (tertiary/aromatic N) is 1. The van der Waals surface area contributed by atoms with Gasteiger partial charge < -0.3 is 5.32 Å². The van der Waals surface area contributed by atoms with Crippen molar-refractivity contribution >= 4 is 21.4 Å². The fourth-order valence-electron chi connectivity index (χ4n) is 3.54. The van der Waals surface area contributed by atoms with Crippen LogP contribution < -0.4 is 5.32 Å². The van der Waals surface area contributed by atoms with E-state index in [2.05, 4.69) is 11.4 Å². The third-order valence-electron chi connectivity index (χ3n) is 4.85. The number of anilines is 1. The molecule has 0 saturated heterocycles. The van der Waals surface area contributed by atoms with Crippen molar-refractivity contribution in [3.63, 3.8) is 0 Å². The van der Waals surface area contributed by atoms with Gasteiger partial charge in [0.2, 0.25) is 0 Å². The molecule has 0 heterocycles. The van der Waals surface area contributed by atoms with Crippen LogP contribution in [0.5, 0.6) is 0 Å². The summed E-state index contributed by atoms with van der Waals surface area (Å²) in [6.07, 6.45) is 4.08. The molecule has 2 aromatic rings. The van der Waals surface area contributed by atoms with E-state index in [1.807, 2.05) is 6.92 Å². The molecule has 0 unspecified atom stereocenters. The quantitative estimate of drug-likeness (QED) is 0.844. The lowest BCUT2D eigenvalue weighted by Crippen LogP contribution is -2.16. The van der Waals surface area contributed by atoms with Crippen molar-refractivity contribution < 1.29 is 13.2 Å². The van der Waals surface area contributed by atoms with Crippen LogP contribution >= 0.6 is 0 Å². The lowest BCUT2D eigenvalue weighted by atomic mass is 10.1. The number of carbonyl (C=O) groups excluding carboxylic acids is 1. The largest absolute Gasteiger partial charge is 0.322 e. The fraction of sp³-hybridized carbons (Fsp3) is 0.333. The summed E-state index contributed by atoms with van der Waals surface area (Å²) in [7, 11) is -3.41. The second-order valence-electron chi connectivity index (χ2n) is 7.11. The molecule has 0 aliphatic heterocycles. The standard InChI is InChI=1S/C21H22N2O3S/c1-15-9-17(13-22)11-19(10-15)23-21(24)18-7-4-8-20(12-18)27(25,26)14-16-5-2-3-6-16/h4,7-12,16H,2-3,5-6,14H2,1H3,(H,23,24). The molecule has 1 saturated carbocycles. The van der Waals surface area contributed by atoms with Gasteiger partial charge in [-0.25, -0.2) is 8.42 Å². The molecule has 1 aliphatic rings. The topological polar surface area (TPSA) is 87.0 Å². The van der Waals surface area contributed by atoms with Gasteiger partial charge in [-0.1, -0.05) is 18.9 Å². The number of carbonyl (C=O) groups is 1. The molecule has 0 radical (unpaired) electrons. The molecule has 1 amide bonds. The summed E-state index contributed by atoms with van der Waals surface area (Å²) in [5.41, 5.74) is 2.11. The van der Waals surface area contributed by atoms with Gasteiger partial charge in [0.15, 0.2) is 9.84 Å². The van der Waals surface area contributed by atoms with E-state index in [1.165, 1.54) is 6.07 Å². The molecule has 3 rings (SSSR count). The van der Waals surface area contributed by atoms with Crippen molar-refractivity contribution in [3.05, 3.63) is 59.2 Å². The van der Waals surface area contributed by atoms with Crippen molar-refractivity contribution in [2.45, 2.75) is 37.5 Å². The predicted octanol–water partition coefficient (Wildman–Crippen LogP) is 4.08. The highest BCUT2D eigenvalue weighted by atomic mass is 32.2. The van der Waals surface area contributed by atoms with Crippen LogP contribution in [0, 0.1) is 24.2 Å². The van der Waals surface area contributed by atoms with Gasteiger partial charge in [-0.05, 0) is 67.6 Å². The Morgan fingerprint density at radius 3 is 2.63 bits per heavy atom. The Hall–Kier alpha value is -2.65. The summed E-state index contributed by atoms with van der Waals surface area (Å²) >= 11 is 0. The molecular weight excluding hydrogens is 360 g/mol. The maximum atomic E-state index is 12.7. The monoisotopic (exact) mass is 382 g/mol. The SMILES string of the molecule is Cc1cc(C#N)cc(NC(=O)c2cccc(S(=O)(=O)CC3CCCC3)c2)c1. The van der Waals surface area contributed by atoms with E-state index in [1.54, 1.807) is 36.4 Å². The molecule has 0 bridgehead atoms. The molecule has 0 spiro atoms. The highest BCUT2D eigenvalue weighted by Crippen LogP contribution is 2.28. The van der Waals surface area contributed by atoms with E-state index in [-0.39, 0.29) is 22.1 Å². The molecule has 140 valence electrons. The van der Waals surface area contributed by atoms with Gasteiger partial charge in [0.25, 0.3) is 5.91 Å². The maximum absolute atomic E-state index is 12.7. The average molecular weight is 382 g/mol. The molecule has 6 heteroatoms. The van der Waals surface area contributed by atoms with Crippen LogP contribution in [0.15, 0.2) is 47.4 Å². The fourth-order valence-corrected chi connectivity index (χ4v) is 5.28. The molecule has 0 atom stereocenters. The van der Waals surface area contributed by atoms with Crippen LogP contribution in [0.1, 0.15) is 47.2 Å². The van der Waals surface area contributed by atoms with E-state index in [9.17, 15) is 13.2 Å². The third-order valence-corrected chi connectivity index (χ3v) is 6.73. The molecule has 1 aliphatic carbocycles. The smallest absolute Gasteiger partial charge is 0.255 e. The number of sulfone groups is 1. The number of aryl methyl sites for hydroxylation is 1. The van der Waals surface area contributed by atoms with Crippen LogP contribution in [0.2, 0.25) is 0 Å². The number of rotatable bonds is 5. The van der Waals surface area contributed by atoms with E-state index in [4.69, 9.17) is 5.26 Å². The second-order valence-corrected chi connectivity index (χ2v) is 9.15. The lowest BCUT2D eigenvalue weighted by molar-refractivity contribution is 0.102. The van der Waals surface area contributed by atoms with Gasteiger partial charge >= 0.3 is 0 Å². The number of hydrogen-bond acceptors (Lipinski definition) is 4. The Kier molecular flexibility index (Phi) is 5.62. The van der Waals surface area contributed by atoms with Crippen LogP contribution in [-0.4, -0.2) is 20.1 Å². The van der Waals surface area contributed by atoms with Crippen LogP contribution in [0.3, 0.4) is 0 Å². The van der Waals surface area contributed by atoms with Crippen LogP contribution in [0.4, 0.5) is 5.69 Å². The third kappa shape index (κ3) is 4.75. The first kappa shape index (κ1) is 19.1. The van der Waals surface area contributed by atoms with E-state index >= 15 is 0 Å². The zero-order chi connectivity index (χ0) is 19.4. The summed E-state index contributed by atoms with van der Waals surface area (Å²) < 4.78 is 25.4. The molecular formula is C21H22N2O3S. The first-order chi connectivity index (χ1) is 12.9. The average Bonchev–Trinajstić information content (AvgIpc) is 3.13. The van der Waals surface area contributed by atoms with Crippen molar-refractivity contribution in [2.75, 3.05) is 11.1 Å². The zero-order valence-corrected chi connectivity index (χ0v) is 16.1. The number of hydrogen-bond donors (Lipinski definition) is 1. The highest BCUT2D eigenvalue weighted by molar-refractivity contribution is 7.91.